The highest BCUT2D eigenvalue weighted by atomic mass is 28.3. The van der Waals surface area contributed by atoms with E-state index in [0.717, 1.165) is 13.0 Å². The van der Waals surface area contributed by atoms with Crippen molar-refractivity contribution in [2.24, 2.45) is 4.99 Å². The molecule has 1 rings (SSSR count). The van der Waals surface area contributed by atoms with Crippen molar-refractivity contribution in [3.05, 3.63) is 11.3 Å². The summed E-state index contributed by atoms with van der Waals surface area (Å²) in [5, 5.41) is 3.14. The Morgan fingerprint density at radius 3 is 1.93 bits per heavy atom. The van der Waals surface area contributed by atoms with E-state index < -0.39 is 16.1 Å². The molecule has 80 valence electrons. The third-order valence-corrected chi connectivity index (χ3v) is 6.68. The molecule has 0 atom stereocenters. The Morgan fingerprint density at radius 2 is 1.57 bits per heavy atom. The Balaban J connectivity index is 3.06. The van der Waals surface area contributed by atoms with Gasteiger partial charge in [-0.25, -0.2) is 0 Å². The minimum atomic E-state index is -1.21. The Kier molecular flexibility index (Phi) is 3.21. The van der Waals surface area contributed by atoms with Gasteiger partial charge in [0.25, 0.3) is 0 Å². The Hall–Kier alpha value is -0.156. The number of hydrogen-bond acceptors (Lipinski definition) is 1. The standard InChI is InChI=1S/C11H23NSi2/c1-13(2,3)10-8-7-9-12-11(10)14(4,5)6/h8H,7,9H2,1-6H3. The van der Waals surface area contributed by atoms with Crippen LogP contribution in [0.25, 0.3) is 0 Å². The highest BCUT2D eigenvalue weighted by Crippen LogP contribution is 2.25. The van der Waals surface area contributed by atoms with Gasteiger partial charge in [0.05, 0.1) is 8.07 Å². The van der Waals surface area contributed by atoms with Crippen LogP contribution in [0.5, 0.6) is 0 Å². The minimum absolute atomic E-state index is 1.02. The van der Waals surface area contributed by atoms with Gasteiger partial charge in [0, 0.05) is 11.9 Å². The number of hydrogen-bond donors (Lipinski definition) is 0. The third kappa shape index (κ3) is 2.67. The molecule has 1 aliphatic rings. The molecule has 0 aromatic heterocycles. The zero-order chi connectivity index (χ0) is 11.0. The molecule has 0 radical (unpaired) electrons. The van der Waals surface area contributed by atoms with Crippen LogP contribution in [0, 0.1) is 0 Å². The SMILES string of the molecule is C[Si](C)(C)C1=CCCN=C1[Si](C)(C)C. The van der Waals surface area contributed by atoms with E-state index in [4.69, 9.17) is 4.99 Å². The van der Waals surface area contributed by atoms with Crippen LogP contribution in [0.3, 0.4) is 0 Å². The molecule has 0 aliphatic carbocycles. The molecular formula is C11H23NSi2. The number of dihydropyridines is 1. The van der Waals surface area contributed by atoms with Gasteiger partial charge in [0.15, 0.2) is 0 Å². The van der Waals surface area contributed by atoms with Gasteiger partial charge in [-0.1, -0.05) is 45.4 Å². The quantitative estimate of drug-likeness (QED) is 0.638. The molecule has 0 amide bonds. The van der Waals surface area contributed by atoms with Gasteiger partial charge in [-0.15, -0.1) is 0 Å². The molecule has 0 spiro atoms. The lowest BCUT2D eigenvalue weighted by Crippen LogP contribution is -2.43. The molecule has 0 unspecified atom stereocenters. The van der Waals surface area contributed by atoms with Crippen LogP contribution in [0.15, 0.2) is 16.3 Å². The van der Waals surface area contributed by atoms with E-state index in [1.165, 1.54) is 5.33 Å². The lowest BCUT2D eigenvalue weighted by Gasteiger charge is -2.31. The fraction of sp³-hybridized carbons (Fsp3) is 0.727. The highest BCUT2D eigenvalue weighted by Gasteiger charge is 2.32. The third-order valence-electron chi connectivity index (χ3n) is 2.52. The van der Waals surface area contributed by atoms with Gasteiger partial charge in [0.1, 0.15) is 8.07 Å². The number of nitrogens with zero attached hydrogens (tertiary/aromatic N) is 1. The summed E-state index contributed by atoms with van der Waals surface area (Å²) >= 11 is 0. The van der Waals surface area contributed by atoms with Crippen LogP contribution in [0.4, 0.5) is 0 Å². The van der Waals surface area contributed by atoms with Gasteiger partial charge in [0.2, 0.25) is 0 Å². The van der Waals surface area contributed by atoms with Crippen molar-refractivity contribution >= 4 is 21.5 Å². The average Bonchev–Trinajstić information content (AvgIpc) is 2.01. The van der Waals surface area contributed by atoms with Crippen LogP contribution in [0.2, 0.25) is 39.3 Å². The van der Waals surface area contributed by atoms with Crippen molar-refractivity contribution in [1.82, 2.24) is 0 Å². The van der Waals surface area contributed by atoms with Gasteiger partial charge >= 0.3 is 0 Å². The molecule has 0 aromatic rings. The highest BCUT2D eigenvalue weighted by molar-refractivity contribution is 7.11. The maximum atomic E-state index is 4.79. The maximum Gasteiger partial charge on any atom is 0.100 e. The van der Waals surface area contributed by atoms with Crippen LogP contribution in [-0.2, 0) is 0 Å². The molecule has 14 heavy (non-hydrogen) atoms. The molecule has 0 saturated heterocycles. The molecular weight excluding hydrogens is 202 g/mol. The van der Waals surface area contributed by atoms with Crippen molar-refractivity contribution in [3.63, 3.8) is 0 Å². The first-order chi connectivity index (χ1) is 6.23. The summed E-state index contributed by atoms with van der Waals surface area (Å²) in [5.41, 5.74) is 0. The molecule has 0 N–H and O–H groups in total. The van der Waals surface area contributed by atoms with Crippen LogP contribution >= 0.6 is 0 Å². The van der Waals surface area contributed by atoms with Crippen molar-refractivity contribution in [2.75, 3.05) is 6.54 Å². The first-order valence-corrected chi connectivity index (χ1v) is 12.5. The summed E-state index contributed by atoms with van der Waals surface area (Å²) in [7, 11) is -2.38. The Morgan fingerprint density at radius 1 is 1.00 bits per heavy atom. The van der Waals surface area contributed by atoms with E-state index >= 15 is 0 Å². The summed E-state index contributed by atoms with van der Waals surface area (Å²) in [6.45, 7) is 15.5. The first-order valence-electron chi connectivity index (χ1n) is 5.49. The van der Waals surface area contributed by atoms with Crippen molar-refractivity contribution in [2.45, 2.75) is 45.7 Å². The summed E-state index contributed by atoms with van der Waals surface area (Å²) in [6, 6.07) is 0. The zero-order valence-corrected chi connectivity index (χ0v) is 12.4. The second kappa shape index (κ2) is 3.78. The molecule has 0 bridgehead atoms. The summed E-state index contributed by atoms with van der Waals surface area (Å²) < 4.78 is 0. The number of allylic oxidation sites excluding steroid dienone is 1. The summed E-state index contributed by atoms with van der Waals surface area (Å²) in [5.74, 6) is 0. The first kappa shape index (κ1) is 11.9. The lowest BCUT2D eigenvalue weighted by atomic mass is 10.3. The van der Waals surface area contributed by atoms with Crippen molar-refractivity contribution < 1.29 is 0 Å². The van der Waals surface area contributed by atoms with Crippen LogP contribution < -0.4 is 0 Å². The second-order valence-electron chi connectivity index (χ2n) is 6.14. The maximum absolute atomic E-state index is 4.79. The van der Waals surface area contributed by atoms with Crippen molar-refractivity contribution in [1.29, 1.82) is 0 Å². The average molecular weight is 225 g/mol. The molecule has 0 fully saturated rings. The summed E-state index contributed by atoms with van der Waals surface area (Å²) in [6.07, 6.45) is 3.63. The van der Waals surface area contributed by atoms with Crippen LogP contribution in [-0.4, -0.2) is 28.0 Å². The van der Waals surface area contributed by atoms with E-state index in [0.29, 0.717) is 0 Å². The molecule has 3 heteroatoms. The predicted molar refractivity (Wildman–Crippen MR) is 71.7 cm³/mol. The fourth-order valence-electron chi connectivity index (χ4n) is 1.87. The smallest absolute Gasteiger partial charge is 0.100 e. The largest absolute Gasteiger partial charge is 0.294 e. The van der Waals surface area contributed by atoms with Gasteiger partial charge in [-0.3, -0.25) is 4.99 Å². The summed E-state index contributed by atoms with van der Waals surface area (Å²) in [4.78, 5) is 4.79. The molecule has 0 aromatic carbocycles. The van der Waals surface area contributed by atoms with E-state index in [-0.39, 0.29) is 0 Å². The molecule has 1 nitrogen and oxygen atoms in total. The second-order valence-corrected chi connectivity index (χ2v) is 16.1. The topological polar surface area (TPSA) is 12.4 Å². The van der Waals surface area contributed by atoms with Gasteiger partial charge in [-0.2, -0.15) is 0 Å². The van der Waals surface area contributed by atoms with E-state index in [1.807, 2.05) is 0 Å². The predicted octanol–water partition coefficient (Wildman–Crippen LogP) is 3.51. The zero-order valence-electron chi connectivity index (χ0n) is 10.4. The lowest BCUT2D eigenvalue weighted by molar-refractivity contribution is 0.991. The fourth-order valence-corrected chi connectivity index (χ4v) is 7.16. The van der Waals surface area contributed by atoms with Gasteiger partial charge in [-0.05, 0) is 11.6 Å². The normalized spacial score (nSPS) is 19.0. The number of aliphatic imine (C=N–C) groups is 1. The molecule has 1 heterocycles. The monoisotopic (exact) mass is 225 g/mol. The van der Waals surface area contributed by atoms with E-state index in [1.54, 1.807) is 5.20 Å². The van der Waals surface area contributed by atoms with Crippen LogP contribution in [0.1, 0.15) is 6.42 Å². The van der Waals surface area contributed by atoms with Gasteiger partial charge < -0.3 is 0 Å². The van der Waals surface area contributed by atoms with E-state index in [2.05, 4.69) is 45.4 Å². The molecule has 0 saturated carbocycles. The minimum Gasteiger partial charge on any atom is -0.294 e. The van der Waals surface area contributed by atoms with Crippen molar-refractivity contribution in [3.8, 4) is 0 Å². The van der Waals surface area contributed by atoms with E-state index in [9.17, 15) is 0 Å². The Bertz CT molecular complexity index is 247. The number of rotatable bonds is 2. The Labute approximate surface area is 90.4 Å². The molecule has 1 aliphatic heterocycles.